The highest BCUT2D eigenvalue weighted by Crippen LogP contribution is 2.34. The summed E-state index contributed by atoms with van der Waals surface area (Å²) in [6.45, 7) is 0. The first kappa shape index (κ1) is 11.5. The van der Waals surface area contributed by atoms with Gasteiger partial charge >= 0.3 is 5.97 Å². The number of nitrogens with zero attached hydrogens (tertiary/aromatic N) is 2. The highest BCUT2D eigenvalue weighted by molar-refractivity contribution is 6.32. The van der Waals surface area contributed by atoms with Crippen LogP contribution in [-0.2, 0) is 7.05 Å². The van der Waals surface area contributed by atoms with Gasteiger partial charge in [-0.05, 0) is 18.2 Å². The Balaban J connectivity index is 2.60. The third-order valence-corrected chi connectivity index (χ3v) is 2.67. The molecule has 17 heavy (non-hydrogen) atoms. The van der Waals surface area contributed by atoms with E-state index in [9.17, 15) is 9.90 Å². The van der Waals surface area contributed by atoms with Crippen LogP contribution in [0.3, 0.4) is 0 Å². The maximum absolute atomic E-state index is 10.8. The summed E-state index contributed by atoms with van der Waals surface area (Å²) in [5, 5.41) is 22.7. The lowest BCUT2D eigenvalue weighted by molar-refractivity contribution is 0.0689. The van der Waals surface area contributed by atoms with Gasteiger partial charge in [-0.1, -0.05) is 17.7 Å². The molecule has 5 nitrogen and oxygen atoms in total. The third-order valence-electron chi connectivity index (χ3n) is 2.36. The summed E-state index contributed by atoms with van der Waals surface area (Å²) < 4.78 is 1.38. The van der Waals surface area contributed by atoms with Gasteiger partial charge in [-0.3, -0.25) is 4.68 Å². The van der Waals surface area contributed by atoms with Crippen molar-refractivity contribution in [3.05, 3.63) is 35.0 Å². The van der Waals surface area contributed by atoms with Crippen molar-refractivity contribution in [2.24, 2.45) is 7.05 Å². The zero-order valence-electron chi connectivity index (χ0n) is 8.88. The van der Waals surface area contributed by atoms with E-state index >= 15 is 0 Å². The van der Waals surface area contributed by atoms with Gasteiger partial charge < -0.3 is 10.2 Å². The highest BCUT2D eigenvalue weighted by Gasteiger charge is 2.16. The average molecular weight is 253 g/mol. The summed E-state index contributed by atoms with van der Waals surface area (Å²) in [6, 6.07) is 6.25. The van der Waals surface area contributed by atoms with Crippen LogP contribution < -0.4 is 0 Å². The third kappa shape index (κ3) is 1.97. The molecule has 0 aliphatic heterocycles. The van der Waals surface area contributed by atoms with E-state index in [1.807, 2.05) is 0 Å². The molecule has 0 unspecified atom stereocenters. The molecule has 1 aromatic heterocycles. The zero-order valence-corrected chi connectivity index (χ0v) is 9.64. The molecule has 0 saturated heterocycles. The van der Waals surface area contributed by atoms with E-state index in [4.69, 9.17) is 16.7 Å². The second-order valence-corrected chi connectivity index (χ2v) is 3.89. The normalized spacial score (nSPS) is 10.5. The number of aromatic carboxylic acids is 1. The van der Waals surface area contributed by atoms with Gasteiger partial charge in [0.1, 0.15) is 5.75 Å². The second kappa shape index (κ2) is 4.10. The van der Waals surface area contributed by atoms with Crippen LogP contribution >= 0.6 is 11.6 Å². The maximum atomic E-state index is 10.8. The van der Waals surface area contributed by atoms with Crippen molar-refractivity contribution >= 4 is 17.6 Å². The zero-order chi connectivity index (χ0) is 12.6. The smallest absolute Gasteiger partial charge is 0.356 e. The van der Waals surface area contributed by atoms with E-state index in [1.54, 1.807) is 25.2 Å². The Morgan fingerprint density at radius 1 is 1.47 bits per heavy atom. The quantitative estimate of drug-likeness (QED) is 0.859. The molecule has 0 saturated carbocycles. The minimum atomic E-state index is -1.12. The van der Waals surface area contributed by atoms with Gasteiger partial charge in [0.25, 0.3) is 0 Å². The van der Waals surface area contributed by atoms with E-state index < -0.39 is 5.97 Å². The summed E-state index contributed by atoms with van der Waals surface area (Å²) in [4.78, 5) is 10.8. The Morgan fingerprint density at radius 3 is 2.76 bits per heavy atom. The van der Waals surface area contributed by atoms with E-state index in [2.05, 4.69) is 5.10 Å². The Kier molecular flexibility index (Phi) is 2.77. The Bertz CT molecular complexity index is 592. The number of rotatable bonds is 2. The number of hydrogen-bond donors (Lipinski definition) is 2. The minimum Gasteiger partial charge on any atom is -0.506 e. The number of hydrogen-bond acceptors (Lipinski definition) is 3. The molecule has 0 spiro atoms. The molecule has 0 atom stereocenters. The predicted molar refractivity (Wildman–Crippen MR) is 62.3 cm³/mol. The molecule has 88 valence electrons. The molecular formula is C11H9ClN2O3. The van der Waals surface area contributed by atoms with Gasteiger partial charge in [-0.15, -0.1) is 0 Å². The first-order chi connectivity index (χ1) is 8.00. The largest absolute Gasteiger partial charge is 0.506 e. The lowest BCUT2D eigenvalue weighted by Crippen LogP contribution is -1.99. The molecule has 2 rings (SSSR count). The van der Waals surface area contributed by atoms with Crippen LogP contribution in [0.5, 0.6) is 5.75 Å². The van der Waals surface area contributed by atoms with Crippen LogP contribution in [0.2, 0.25) is 5.02 Å². The number of carboxylic acids is 1. The summed E-state index contributed by atoms with van der Waals surface area (Å²) in [5.41, 5.74) is 0.851. The number of aryl methyl sites for hydroxylation is 1. The standard InChI is InChI=1S/C11H9ClN2O3/c1-14-9(5-8(13-14)11(16)17)6-3-2-4-7(12)10(6)15/h2-5,15H,1H3,(H,16,17). The van der Waals surface area contributed by atoms with Crippen molar-refractivity contribution < 1.29 is 15.0 Å². The van der Waals surface area contributed by atoms with Gasteiger partial charge in [0, 0.05) is 12.6 Å². The van der Waals surface area contributed by atoms with Crippen molar-refractivity contribution in [1.82, 2.24) is 9.78 Å². The lowest BCUT2D eigenvalue weighted by atomic mass is 10.1. The molecule has 2 aromatic rings. The van der Waals surface area contributed by atoms with E-state index in [0.717, 1.165) is 0 Å². The van der Waals surface area contributed by atoms with Crippen molar-refractivity contribution in [3.8, 4) is 17.0 Å². The fourth-order valence-corrected chi connectivity index (χ4v) is 1.72. The fraction of sp³-hybridized carbons (Fsp3) is 0.0909. The summed E-state index contributed by atoms with van der Waals surface area (Å²) in [6.07, 6.45) is 0. The molecule has 0 radical (unpaired) electrons. The van der Waals surface area contributed by atoms with E-state index in [0.29, 0.717) is 11.3 Å². The summed E-state index contributed by atoms with van der Waals surface area (Å²) in [7, 11) is 1.60. The van der Waals surface area contributed by atoms with Crippen molar-refractivity contribution in [2.75, 3.05) is 0 Å². The van der Waals surface area contributed by atoms with E-state index in [1.165, 1.54) is 10.7 Å². The van der Waals surface area contributed by atoms with Gasteiger partial charge in [-0.2, -0.15) is 5.10 Å². The molecule has 1 heterocycles. The monoisotopic (exact) mass is 252 g/mol. The summed E-state index contributed by atoms with van der Waals surface area (Å²) in [5.74, 6) is -1.21. The molecule has 0 amide bonds. The molecule has 1 aromatic carbocycles. The first-order valence-corrected chi connectivity index (χ1v) is 5.13. The second-order valence-electron chi connectivity index (χ2n) is 3.48. The average Bonchev–Trinajstić information content (AvgIpc) is 2.65. The van der Waals surface area contributed by atoms with Gasteiger partial charge in [-0.25, -0.2) is 4.79 Å². The van der Waals surface area contributed by atoms with Crippen LogP contribution in [0.4, 0.5) is 0 Å². The van der Waals surface area contributed by atoms with Crippen LogP contribution in [0, 0.1) is 0 Å². The number of carboxylic acid groups (broad SMARTS) is 1. The van der Waals surface area contributed by atoms with Crippen LogP contribution in [0.15, 0.2) is 24.3 Å². The Morgan fingerprint density at radius 2 is 2.18 bits per heavy atom. The lowest BCUT2D eigenvalue weighted by Gasteiger charge is -2.05. The van der Waals surface area contributed by atoms with Gasteiger partial charge in [0.2, 0.25) is 0 Å². The number of halogens is 1. The van der Waals surface area contributed by atoms with Crippen molar-refractivity contribution in [2.45, 2.75) is 0 Å². The molecule has 6 heteroatoms. The minimum absolute atomic E-state index is 0.0816. The fourth-order valence-electron chi connectivity index (χ4n) is 1.55. The summed E-state index contributed by atoms with van der Waals surface area (Å²) >= 11 is 5.79. The number of phenols is 1. The molecule has 0 fully saturated rings. The molecule has 0 aliphatic rings. The number of phenolic OH excluding ortho intramolecular Hbond substituents is 1. The van der Waals surface area contributed by atoms with Gasteiger partial charge in [0.15, 0.2) is 5.69 Å². The Labute approximate surface area is 102 Å². The van der Waals surface area contributed by atoms with Crippen molar-refractivity contribution in [3.63, 3.8) is 0 Å². The van der Waals surface area contributed by atoms with Gasteiger partial charge in [0.05, 0.1) is 10.7 Å². The molecule has 2 N–H and O–H groups in total. The van der Waals surface area contributed by atoms with Crippen LogP contribution in [0.25, 0.3) is 11.3 Å². The Hall–Kier alpha value is -2.01. The highest BCUT2D eigenvalue weighted by atomic mass is 35.5. The van der Waals surface area contributed by atoms with Crippen LogP contribution in [-0.4, -0.2) is 26.0 Å². The number of carbonyl (C=O) groups is 1. The SMILES string of the molecule is Cn1nc(C(=O)O)cc1-c1cccc(Cl)c1O. The topological polar surface area (TPSA) is 75.4 Å². The van der Waals surface area contributed by atoms with Crippen molar-refractivity contribution in [1.29, 1.82) is 0 Å². The van der Waals surface area contributed by atoms with E-state index in [-0.39, 0.29) is 16.5 Å². The van der Waals surface area contributed by atoms with Crippen LogP contribution in [0.1, 0.15) is 10.5 Å². The number of benzene rings is 1. The number of aromatic nitrogens is 2. The molecular weight excluding hydrogens is 244 g/mol. The number of para-hydroxylation sites is 1. The molecule has 0 aliphatic carbocycles. The maximum Gasteiger partial charge on any atom is 0.356 e. The first-order valence-electron chi connectivity index (χ1n) is 4.76. The molecule has 0 bridgehead atoms. The predicted octanol–water partition coefficient (Wildman–Crippen LogP) is 2.14. The number of aromatic hydroxyl groups is 1.